The van der Waals surface area contributed by atoms with E-state index in [0.29, 0.717) is 28.3 Å². The molecule has 0 unspecified atom stereocenters. The van der Waals surface area contributed by atoms with E-state index in [0.717, 1.165) is 20.3 Å². The molecule has 138 valence electrons. The zero-order chi connectivity index (χ0) is 19.3. The Morgan fingerprint density at radius 3 is 2.70 bits per heavy atom. The van der Waals surface area contributed by atoms with Crippen molar-refractivity contribution in [1.29, 1.82) is 0 Å². The van der Waals surface area contributed by atoms with Crippen LogP contribution in [0.2, 0.25) is 0 Å². The number of nitrogens with zero attached hydrogens (tertiary/aromatic N) is 4. The Morgan fingerprint density at radius 1 is 1.19 bits per heavy atom. The van der Waals surface area contributed by atoms with Gasteiger partial charge in [-0.25, -0.2) is 14.8 Å². The van der Waals surface area contributed by atoms with Crippen LogP contribution >= 0.6 is 11.3 Å². The number of thiazole rings is 1. The van der Waals surface area contributed by atoms with Gasteiger partial charge in [0.1, 0.15) is 5.39 Å². The molecule has 4 aromatic rings. The normalized spacial score (nSPS) is 11.4. The number of hydrogen-bond acceptors (Lipinski definition) is 6. The van der Waals surface area contributed by atoms with Crippen molar-refractivity contribution in [2.24, 2.45) is 14.1 Å². The van der Waals surface area contributed by atoms with E-state index >= 15 is 0 Å². The van der Waals surface area contributed by atoms with Crippen molar-refractivity contribution in [3.63, 3.8) is 0 Å². The van der Waals surface area contributed by atoms with Crippen molar-refractivity contribution in [1.82, 2.24) is 19.1 Å². The topological polar surface area (TPSA) is 81.8 Å². The van der Waals surface area contributed by atoms with Crippen molar-refractivity contribution < 1.29 is 0 Å². The lowest BCUT2D eigenvalue weighted by Gasteiger charge is -2.14. The summed E-state index contributed by atoms with van der Waals surface area (Å²) in [7, 11) is 3.10. The molecule has 0 fully saturated rings. The Labute approximate surface area is 158 Å². The minimum Gasteiger partial charge on any atom is -0.330 e. The molecule has 3 aromatic heterocycles. The molecule has 0 aliphatic carbocycles. The van der Waals surface area contributed by atoms with E-state index in [1.807, 2.05) is 26.0 Å². The van der Waals surface area contributed by atoms with Crippen LogP contribution in [0, 0.1) is 6.92 Å². The van der Waals surface area contributed by atoms with Gasteiger partial charge in [-0.3, -0.25) is 13.9 Å². The molecule has 0 spiro atoms. The van der Waals surface area contributed by atoms with Gasteiger partial charge in [-0.2, -0.15) is 0 Å². The van der Waals surface area contributed by atoms with Gasteiger partial charge in [0.2, 0.25) is 0 Å². The molecule has 0 aliphatic rings. The van der Waals surface area contributed by atoms with E-state index in [1.165, 1.54) is 28.5 Å². The SMILES string of the molecule is CCc1cnc2c(c1Nc1nc3ccc(C)cc3s1)c(=O)n(C)c(=O)n2C. The Balaban J connectivity index is 1.98. The largest absolute Gasteiger partial charge is 0.332 e. The van der Waals surface area contributed by atoms with E-state index in [9.17, 15) is 9.59 Å². The average Bonchev–Trinajstić information content (AvgIpc) is 3.05. The summed E-state index contributed by atoms with van der Waals surface area (Å²) in [5, 5.41) is 4.43. The molecule has 0 saturated heterocycles. The molecular weight excluding hydrogens is 362 g/mol. The molecule has 0 bridgehead atoms. The van der Waals surface area contributed by atoms with Gasteiger partial charge in [0, 0.05) is 20.3 Å². The minimum atomic E-state index is -0.398. The van der Waals surface area contributed by atoms with Crippen LogP contribution in [0.15, 0.2) is 34.0 Å². The molecule has 3 heterocycles. The summed E-state index contributed by atoms with van der Waals surface area (Å²) in [6.07, 6.45) is 2.41. The lowest BCUT2D eigenvalue weighted by Crippen LogP contribution is -2.37. The third kappa shape index (κ3) is 2.73. The molecule has 0 saturated carbocycles. The van der Waals surface area contributed by atoms with E-state index in [2.05, 4.69) is 21.4 Å². The summed E-state index contributed by atoms with van der Waals surface area (Å²) >= 11 is 1.53. The Hall–Kier alpha value is -3.00. The maximum absolute atomic E-state index is 12.8. The fourth-order valence-corrected chi connectivity index (χ4v) is 4.14. The van der Waals surface area contributed by atoms with Crippen LogP contribution in [0.1, 0.15) is 18.1 Å². The number of fused-ring (bicyclic) bond motifs is 2. The highest BCUT2D eigenvalue weighted by molar-refractivity contribution is 7.22. The van der Waals surface area contributed by atoms with Crippen molar-refractivity contribution in [2.45, 2.75) is 20.3 Å². The molecule has 1 N–H and O–H groups in total. The molecule has 1 aromatic carbocycles. The average molecular weight is 381 g/mol. The highest BCUT2D eigenvalue weighted by Crippen LogP contribution is 2.32. The predicted molar refractivity (Wildman–Crippen MR) is 109 cm³/mol. The summed E-state index contributed by atoms with van der Waals surface area (Å²) in [6.45, 7) is 4.05. The highest BCUT2D eigenvalue weighted by atomic mass is 32.1. The van der Waals surface area contributed by atoms with Crippen molar-refractivity contribution >= 4 is 43.4 Å². The Morgan fingerprint density at radius 2 is 1.96 bits per heavy atom. The van der Waals surface area contributed by atoms with Gasteiger partial charge in [0.25, 0.3) is 5.56 Å². The van der Waals surface area contributed by atoms with Crippen LogP contribution in [0.5, 0.6) is 0 Å². The summed E-state index contributed by atoms with van der Waals surface area (Å²) in [4.78, 5) is 34.1. The number of aryl methyl sites for hydroxylation is 3. The van der Waals surface area contributed by atoms with Gasteiger partial charge in [0.05, 0.1) is 15.9 Å². The van der Waals surface area contributed by atoms with Crippen molar-refractivity contribution in [3.05, 3.63) is 56.4 Å². The first kappa shape index (κ1) is 17.4. The monoisotopic (exact) mass is 381 g/mol. The maximum Gasteiger partial charge on any atom is 0.332 e. The van der Waals surface area contributed by atoms with E-state index in [4.69, 9.17) is 0 Å². The fraction of sp³-hybridized carbons (Fsp3) is 0.263. The van der Waals surface area contributed by atoms with Gasteiger partial charge < -0.3 is 5.32 Å². The van der Waals surface area contributed by atoms with Gasteiger partial charge in [-0.15, -0.1) is 0 Å². The number of rotatable bonds is 3. The second kappa shape index (κ2) is 6.31. The van der Waals surface area contributed by atoms with E-state index in [1.54, 1.807) is 13.2 Å². The maximum atomic E-state index is 12.8. The van der Waals surface area contributed by atoms with E-state index < -0.39 is 5.69 Å². The molecule has 27 heavy (non-hydrogen) atoms. The molecule has 8 heteroatoms. The third-order valence-corrected chi connectivity index (χ3v) is 5.64. The molecule has 0 atom stereocenters. The molecule has 0 aliphatic heterocycles. The molecule has 0 radical (unpaired) electrons. The number of benzene rings is 1. The smallest absolute Gasteiger partial charge is 0.330 e. The lowest BCUT2D eigenvalue weighted by atomic mass is 10.1. The van der Waals surface area contributed by atoms with Crippen LogP contribution in [-0.2, 0) is 20.5 Å². The molecular formula is C19H19N5O2S. The molecule has 7 nitrogen and oxygen atoms in total. The van der Waals surface area contributed by atoms with Crippen LogP contribution in [-0.4, -0.2) is 19.1 Å². The van der Waals surface area contributed by atoms with Crippen molar-refractivity contribution in [2.75, 3.05) is 5.32 Å². The number of hydrogen-bond donors (Lipinski definition) is 1. The summed E-state index contributed by atoms with van der Waals surface area (Å²) < 4.78 is 3.58. The number of nitrogens with one attached hydrogen (secondary N) is 1. The number of pyridine rings is 1. The highest BCUT2D eigenvalue weighted by Gasteiger charge is 2.18. The number of aromatic nitrogens is 4. The fourth-order valence-electron chi connectivity index (χ4n) is 3.17. The predicted octanol–water partition coefficient (Wildman–Crippen LogP) is 2.86. The van der Waals surface area contributed by atoms with Crippen LogP contribution < -0.4 is 16.6 Å². The quantitative estimate of drug-likeness (QED) is 0.590. The Kier molecular flexibility index (Phi) is 4.07. The second-order valence-electron chi connectivity index (χ2n) is 6.53. The van der Waals surface area contributed by atoms with Gasteiger partial charge >= 0.3 is 5.69 Å². The third-order valence-electron chi connectivity index (χ3n) is 4.70. The standard InChI is InChI=1S/C19H19N5O2S/c1-5-11-9-20-16-14(17(25)24(4)19(26)23(16)3)15(11)22-18-21-12-7-6-10(2)8-13(12)27-18/h6-9H,5H2,1-4H3,(H,20,21,22). The van der Waals surface area contributed by atoms with Crippen LogP contribution in [0.4, 0.5) is 10.8 Å². The lowest BCUT2D eigenvalue weighted by molar-refractivity contribution is 0.707. The van der Waals surface area contributed by atoms with Gasteiger partial charge in [-0.05, 0) is 36.6 Å². The first-order valence-corrected chi connectivity index (χ1v) is 9.44. The first-order valence-electron chi connectivity index (χ1n) is 8.62. The second-order valence-corrected chi connectivity index (χ2v) is 7.56. The first-order chi connectivity index (χ1) is 12.9. The van der Waals surface area contributed by atoms with Crippen LogP contribution in [0.3, 0.4) is 0 Å². The summed E-state index contributed by atoms with van der Waals surface area (Å²) in [6, 6.07) is 6.10. The van der Waals surface area contributed by atoms with Gasteiger partial charge in [0.15, 0.2) is 10.8 Å². The van der Waals surface area contributed by atoms with E-state index in [-0.39, 0.29) is 5.56 Å². The van der Waals surface area contributed by atoms with Gasteiger partial charge in [-0.1, -0.05) is 24.3 Å². The molecule has 0 amide bonds. The zero-order valence-electron chi connectivity index (χ0n) is 15.5. The minimum absolute atomic E-state index is 0.361. The molecule has 4 rings (SSSR count). The zero-order valence-corrected chi connectivity index (χ0v) is 16.3. The van der Waals surface area contributed by atoms with Crippen LogP contribution in [0.25, 0.3) is 21.3 Å². The van der Waals surface area contributed by atoms with Crippen molar-refractivity contribution in [3.8, 4) is 0 Å². The Bertz CT molecular complexity index is 1320. The number of anilines is 2. The summed E-state index contributed by atoms with van der Waals surface area (Å²) in [5.41, 5.74) is 3.24. The summed E-state index contributed by atoms with van der Waals surface area (Å²) in [5.74, 6) is 0.